The third-order valence-corrected chi connectivity index (χ3v) is 6.18. The minimum absolute atomic E-state index is 0.101. The van der Waals surface area contributed by atoms with Crippen LogP contribution in [0.1, 0.15) is 51.3 Å². The molecule has 1 fully saturated rings. The number of aromatic nitrogens is 1. The van der Waals surface area contributed by atoms with E-state index in [4.69, 9.17) is 22.1 Å². The van der Waals surface area contributed by atoms with E-state index in [9.17, 15) is 14.8 Å². The Morgan fingerprint density at radius 2 is 1.94 bits per heavy atom. The highest BCUT2D eigenvalue weighted by Gasteiger charge is 2.38. The Morgan fingerprint density at radius 1 is 1.24 bits per heavy atom. The number of halogens is 1. The highest BCUT2D eigenvalue weighted by molar-refractivity contribution is 6.30. The van der Waals surface area contributed by atoms with Crippen LogP contribution >= 0.6 is 11.6 Å². The molecule has 2 N–H and O–H groups in total. The van der Waals surface area contributed by atoms with E-state index in [1.54, 1.807) is 43.9 Å². The van der Waals surface area contributed by atoms with E-state index in [2.05, 4.69) is 0 Å². The average Bonchev–Trinajstić information content (AvgIpc) is 2.74. The topological polar surface area (TPSA) is 99.6 Å². The molecule has 0 radical (unpaired) electrons. The summed E-state index contributed by atoms with van der Waals surface area (Å²) >= 11 is 6.00. The zero-order valence-corrected chi connectivity index (χ0v) is 20.9. The largest absolute Gasteiger partial charge is 0.619 e. The van der Waals surface area contributed by atoms with Crippen LogP contribution in [0.15, 0.2) is 48.7 Å². The van der Waals surface area contributed by atoms with Gasteiger partial charge in [0.25, 0.3) is 0 Å². The molecule has 1 amide bonds. The number of esters is 1. The van der Waals surface area contributed by atoms with Crippen LogP contribution in [-0.4, -0.2) is 41.0 Å². The number of hydrogen-bond donors (Lipinski definition) is 1. The molecule has 0 aliphatic carbocycles. The maximum Gasteiger partial charge on any atom is 0.307 e. The maximum absolute atomic E-state index is 13.6. The SMILES string of the molecule is CC(C)(C)OC(=O)CC(Cc1cccc[n+]1[O-])C(=O)N1CCC[C@@](N)(Cc2ccc(Cl)cc2)C1. The van der Waals surface area contributed by atoms with Gasteiger partial charge in [-0.3, -0.25) is 9.59 Å². The lowest BCUT2D eigenvalue weighted by atomic mass is 9.83. The fourth-order valence-corrected chi connectivity index (χ4v) is 4.59. The summed E-state index contributed by atoms with van der Waals surface area (Å²) in [6.07, 6.45) is 3.60. The summed E-state index contributed by atoms with van der Waals surface area (Å²) in [7, 11) is 0. The number of carbonyl (C=O) groups excluding carboxylic acids is 2. The van der Waals surface area contributed by atoms with Crippen LogP contribution in [-0.2, 0) is 27.2 Å². The summed E-state index contributed by atoms with van der Waals surface area (Å²) < 4.78 is 6.21. The van der Waals surface area contributed by atoms with Crippen LogP contribution in [0, 0.1) is 11.1 Å². The number of benzene rings is 1. The summed E-state index contributed by atoms with van der Waals surface area (Å²) in [6, 6.07) is 12.6. The Morgan fingerprint density at radius 3 is 2.59 bits per heavy atom. The minimum Gasteiger partial charge on any atom is -0.619 e. The molecule has 7 nitrogen and oxygen atoms in total. The molecule has 0 spiro atoms. The molecule has 1 aromatic carbocycles. The van der Waals surface area contributed by atoms with E-state index in [0.29, 0.717) is 30.2 Å². The van der Waals surface area contributed by atoms with Gasteiger partial charge in [0.1, 0.15) is 5.60 Å². The fraction of sp³-hybridized carbons (Fsp3) is 0.500. The molecule has 3 rings (SSSR count). The van der Waals surface area contributed by atoms with Crippen molar-refractivity contribution in [2.24, 2.45) is 11.7 Å². The van der Waals surface area contributed by atoms with Gasteiger partial charge < -0.3 is 20.6 Å². The predicted octanol–water partition coefficient (Wildman–Crippen LogP) is 3.43. The predicted molar refractivity (Wildman–Crippen MR) is 131 cm³/mol. The van der Waals surface area contributed by atoms with Crippen molar-refractivity contribution in [3.63, 3.8) is 0 Å². The maximum atomic E-state index is 13.6. The van der Waals surface area contributed by atoms with Gasteiger partial charge in [0.15, 0.2) is 11.9 Å². The Kier molecular flexibility index (Phi) is 8.21. The first-order valence-corrected chi connectivity index (χ1v) is 12.0. The van der Waals surface area contributed by atoms with Crippen LogP contribution in [0.2, 0.25) is 5.02 Å². The molecule has 8 heteroatoms. The van der Waals surface area contributed by atoms with Gasteiger partial charge in [-0.25, -0.2) is 0 Å². The normalized spacial score (nSPS) is 19.5. The van der Waals surface area contributed by atoms with Gasteiger partial charge in [-0.15, -0.1) is 0 Å². The smallest absolute Gasteiger partial charge is 0.307 e. The summed E-state index contributed by atoms with van der Waals surface area (Å²) in [5, 5.41) is 12.9. The second-order valence-electron chi connectivity index (χ2n) is 10.2. The van der Waals surface area contributed by atoms with Gasteiger partial charge in [-0.1, -0.05) is 29.8 Å². The first-order chi connectivity index (χ1) is 15.9. The monoisotopic (exact) mass is 487 g/mol. The van der Waals surface area contributed by atoms with Crippen molar-refractivity contribution in [1.29, 1.82) is 0 Å². The number of ether oxygens (including phenoxy) is 1. The number of pyridine rings is 1. The molecular weight excluding hydrogens is 454 g/mol. The van der Waals surface area contributed by atoms with E-state index in [0.717, 1.165) is 23.1 Å². The van der Waals surface area contributed by atoms with Crippen molar-refractivity contribution < 1.29 is 19.1 Å². The summed E-state index contributed by atoms with van der Waals surface area (Å²) in [5.74, 6) is -1.35. The van der Waals surface area contributed by atoms with Crippen molar-refractivity contribution in [3.8, 4) is 0 Å². The lowest BCUT2D eigenvalue weighted by Crippen LogP contribution is -2.58. The molecule has 1 unspecified atom stereocenters. The number of carbonyl (C=O) groups is 2. The Hall–Kier alpha value is -2.64. The second-order valence-corrected chi connectivity index (χ2v) is 10.7. The average molecular weight is 488 g/mol. The van der Waals surface area contributed by atoms with Gasteiger partial charge in [-0.05, 0) is 57.7 Å². The first-order valence-electron chi connectivity index (χ1n) is 11.7. The summed E-state index contributed by atoms with van der Waals surface area (Å²) in [6.45, 7) is 6.30. The molecule has 2 aromatic rings. The van der Waals surface area contributed by atoms with E-state index in [1.165, 1.54) is 6.20 Å². The van der Waals surface area contributed by atoms with E-state index in [-0.39, 0.29) is 18.7 Å². The van der Waals surface area contributed by atoms with Gasteiger partial charge in [0.05, 0.1) is 12.3 Å². The van der Waals surface area contributed by atoms with Crippen molar-refractivity contribution in [3.05, 3.63) is 70.1 Å². The van der Waals surface area contributed by atoms with Crippen molar-refractivity contribution in [1.82, 2.24) is 4.90 Å². The van der Waals surface area contributed by atoms with Crippen molar-refractivity contribution in [2.75, 3.05) is 13.1 Å². The molecule has 0 saturated carbocycles. The molecular formula is C26H34ClN3O4. The molecule has 34 heavy (non-hydrogen) atoms. The van der Waals surface area contributed by atoms with Gasteiger partial charge >= 0.3 is 5.97 Å². The number of rotatable bonds is 7. The number of nitrogens with zero attached hydrogens (tertiary/aromatic N) is 2. The highest BCUT2D eigenvalue weighted by Crippen LogP contribution is 2.27. The van der Waals surface area contributed by atoms with Crippen LogP contribution in [0.5, 0.6) is 0 Å². The molecule has 1 aliphatic rings. The second kappa shape index (κ2) is 10.7. The standard InChI is InChI=1S/C26H34ClN3O4/c1-25(2,3)34-23(31)16-20(15-22-7-4-5-14-30(22)33)24(32)29-13-6-12-26(28,18-29)17-19-8-10-21(27)11-9-19/h4-5,7-11,14,20H,6,12-13,15-18,28H2,1-3H3/t20?,26-/m1/s1. The van der Waals surface area contributed by atoms with Crippen molar-refractivity contribution >= 4 is 23.5 Å². The number of nitrogens with two attached hydrogens (primary N) is 1. The lowest BCUT2D eigenvalue weighted by Gasteiger charge is -2.41. The zero-order chi connectivity index (χ0) is 24.9. The molecule has 1 saturated heterocycles. The number of likely N-dealkylation sites (tertiary alicyclic amines) is 1. The van der Waals surface area contributed by atoms with E-state index < -0.39 is 23.0 Å². The Bertz CT molecular complexity index is 1010. The molecule has 2 heterocycles. The summed E-state index contributed by atoms with van der Waals surface area (Å²) in [4.78, 5) is 28.0. The van der Waals surface area contributed by atoms with Crippen LogP contribution < -0.4 is 10.5 Å². The molecule has 1 aromatic heterocycles. The minimum atomic E-state index is -0.713. The highest BCUT2D eigenvalue weighted by atomic mass is 35.5. The molecule has 0 bridgehead atoms. The zero-order valence-electron chi connectivity index (χ0n) is 20.1. The summed E-state index contributed by atoms with van der Waals surface area (Å²) in [5.41, 5.74) is 7.00. The van der Waals surface area contributed by atoms with Crippen molar-refractivity contribution in [2.45, 2.75) is 64.0 Å². The van der Waals surface area contributed by atoms with Gasteiger partial charge in [0.2, 0.25) is 5.91 Å². The first kappa shape index (κ1) is 26.0. The van der Waals surface area contributed by atoms with E-state index >= 15 is 0 Å². The molecule has 184 valence electrons. The number of amides is 1. The Balaban J connectivity index is 1.77. The fourth-order valence-electron chi connectivity index (χ4n) is 4.46. The van der Waals surface area contributed by atoms with E-state index in [1.807, 2.05) is 24.3 Å². The Labute approximate surface area is 206 Å². The third kappa shape index (κ3) is 7.43. The van der Waals surface area contributed by atoms with Crippen LogP contribution in [0.25, 0.3) is 0 Å². The molecule has 1 aliphatic heterocycles. The van der Waals surface area contributed by atoms with Gasteiger partial charge in [0, 0.05) is 42.2 Å². The number of piperidine rings is 1. The quantitative estimate of drug-likeness (QED) is 0.366. The number of hydrogen-bond acceptors (Lipinski definition) is 5. The molecule has 2 atom stereocenters. The van der Waals surface area contributed by atoms with Crippen LogP contribution in [0.4, 0.5) is 0 Å². The lowest BCUT2D eigenvalue weighted by molar-refractivity contribution is -0.614. The van der Waals surface area contributed by atoms with Gasteiger partial charge in [-0.2, -0.15) is 4.73 Å². The third-order valence-electron chi connectivity index (χ3n) is 5.93. The van der Waals surface area contributed by atoms with Crippen LogP contribution in [0.3, 0.4) is 0 Å².